The van der Waals surface area contributed by atoms with Crippen LogP contribution < -0.4 is 4.74 Å². The zero-order valence-electron chi connectivity index (χ0n) is 10.2. The van der Waals surface area contributed by atoms with Crippen LogP contribution in [0.15, 0.2) is 47.4 Å². The Morgan fingerprint density at radius 3 is 2.83 bits per heavy atom. The maximum atomic E-state index is 9.08. The van der Waals surface area contributed by atoms with Gasteiger partial charge in [0.05, 0.1) is 19.4 Å². The molecule has 3 nitrogen and oxygen atoms in total. The summed E-state index contributed by atoms with van der Waals surface area (Å²) in [5.74, 6) is 1.42. The molecule has 0 saturated carbocycles. The quantitative estimate of drug-likeness (QED) is 0.840. The van der Waals surface area contributed by atoms with Gasteiger partial charge < -0.3 is 9.84 Å². The van der Waals surface area contributed by atoms with E-state index in [2.05, 4.69) is 4.98 Å². The van der Waals surface area contributed by atoms with Crippen molar-refractivity contribution in [1.82, 2.24) is 4.98 Å². The zero-order chi connectivity index (χ0) is 12.8. The molecule has 1 heterocycles. The number of hydrogen-bond donors (Lipinski definition) is 1. The summed E-state index contributed by atoms with van der Waals surface area (Å²) in [4.78, 5) is 5.49. The van der Waals surface area contributed by atoms with Crippen molar-refractivity contribution in [2.75, 3.05) is 7.11 Å². The summed E-state index contributed by atoms with van der Waals surface area (Å²) in [5, 5.41) is 9.08. The molecule has 0 spiro atoms. The molecule has 2 aromatic rings. The largest absolute Gasteiger partial charge is 0.481 e. The lowest BCUT2D eigenvalue weighted by Crippen LogP contribution is -1.91. The molecular formula is C14H15NO2S. The highest BCUT2D eigenvalue weighted by atomic mass is 32.2. The molecule has 1 N–H and O–H groups in total. The second-order valence-corrected chi connectivity index (χ2v) is 4.81. The third-order valence-electron chi connectivity index (χ3n) is 2.46. The van der Waals surface area contributed by atoms with Gasteiger partial charge in [-0.2, -0.15) is 0 Å². The molecule has 1 aromatic carbocycles. The Kier molecular flexibility index (Phi) is 4.61. The zero-order valence-corrected chi connectivity index (χ0v) is 11.0. The molecule has 0 unspecified atom stereocenters. The van der Waals surface area contributed by atoms with Gasteiger partial charge in [0, 0.05) is 16.7 Å². The molecule has 18 heavy (non-hydrogen) atoms. The number of benzene rings is 1. The standard InChI is InChI=1S/C14H15NO2S/c1-17-14-7-3-5-12(15-14)10-18-13-6-2-4-11(8-13)9-16/h2-8,16H,9-10H2,1H3. The van der Waals surface area contributed by atoms with Crippen LogP contribution in [0.3, 0.4) is 0 Å². The van der Waals surface area contributed by atoms with Crippen molar-refractivity contribution in [1.29, 1.82) is 0 Å². The fourth-order valence-electron chi connectivity index (χ4n) is 1.54. The van der Waals surface area contributed by atoms with Gasteiger partial charge in [-0.25, -0.2) is 4.98 Å². The van der Waals surface area contributed by atoms with Gasteiger partial charge in [0.2, 0.25) is 5.88 Å². The van der Waals surface area contributed by atoms with Crippen LogP contribution in [0.4, 0.5) is 0 Å². The van der Waals surface area contributed by atoms with E-state index in [1.54, 1.807) is 18.9 Å². The monoisotopic (exact) mass is 261 g/mol. The van der Waals surface area contributed by atoms with E-state index in [-0.39, 0.29) is 6.61 Å². The van der Waals surface area contributed by atoms with Crippen LogP contribution >= 0.6 is 11.8 Å². The molecule has 4 heteroatoms. The fourth-order valence-corrected chi connectivity index (χ4v) is 2.43. The van der Waals surface area contributed by atoms with Crippen molar-refractivity contribution in [3.05, 3.63) is 53.7 Å². The molecule has 0 amide bonds. The number of nitrogens with zero attached hydrogens (tertiary/aromatic N) is 1. The molecule has 0 bridgehead atoms. The summed E-state index contributed by atoms with van der Waals surface area (Å²) < 4.78 is 5.09. The molecule has 0 radical (unpaired) electrons. The minimum atomic E-state index is 0.0752. The molecule has 0 fully saturated rings. The maximum Gasteiger partial charge on any atom is 0.213 e. The normalized spacial score (nSPS) is 10.3. The van der Waals surface area contributed by atoms with E-state index >= 15 is 0 Å². The van der Waals surface area contributed by atoms with E-state index in [0.717, 1.165) is 21.9 Å². The minimum absolute atomic E-state index is 0.0752. The summed E-state index contributed by atoms with van der Waals surface area (Å²) in [6.45, 7) is 0.0752. The Hall–Kier alpha value is -1.52. The van der Waals surface area contributed by atoms with E-state index < -0.39 is 0 Å². The first-order valence-electron chi connectivity index (χ1n) is 5.64. The minimum Gasteiger partial charge on any atom is -0.481 e. The van der Waals surface area contributed by atoms with Crippen molar-refractivity contribution < 1.29 is 9.84 Å². The molecule has 0 aliphatic heterocycles. The topological polar surface area (TPSA) is 42.4 Å². The van der Waals surface area contributed by atoms with E-state index in [4.69, 9.17) is 9.84 Å². The van der Waals surface area contributed by atoms with Crippen molar-refractivity contribution in [3.8, 4) is 5.88 Å². The van der Waals surface area contributed by atoms with Crippen LogP contribution in [0.2, 0.25) is 0 Å². The van der Waals surface area contributed by atoms with Gasteiger partial charge in [0.25, 0.3) is 0 Å². The van der Waals surface area contributed by atoms with Crippen molar-refractivity contribution in [3.63, 3.8) is 0 Å². The molecule has 2 rings (SSSR count). The summed E-state index contributed by atoms with van der Waals surface area (Å²) in [6, 6.07) is 13.6. The third-order valence-corrected chi connectivity index (χ3v) is 3.49. The van der Waals surface area contributed by atoms with Crippen LogP contribution in [0.25, 0.3) is 0 Å². The number of pyridine rings is 1. The fraction of sp³-hybridized carbons (Fsp3) is 0.214. The number of aromatic nitrogens is 1. The molecule has 0 aliphatic carbocycles. The van der Waals surface area contributed by atoms with Gasteiger partial charge >= 0.3 is 0 Å². The van der Waals surface area contributed by atoms with E-state index in [1.165, 1.54) is 0 Å². The maximum absolute atomic E-state index is 9.08. The van der Waals surface area contributed by atoms with Crippen molar-refractivity contribution in [2.45, 2.75) is 17.3 Å². The summed E-state index contributed by atoms with van der Waals surface area (Å²) >= 11 is 1.69. The lowest BCUT2D eigenvalue weighted by atomic mass is 10.2. The Balaban J connectivity index is 2.01. The Morgan fingerprint density at radius 2 is 2.06 bits per heavy atom. The highest BCUT2D eigenvalue weighted by Crippen LogP contribution is 2.23. The number of ether oxygens (including phenoxy) is 1. The third kappa shape index (κ3) is 3.48. The van der Waals surface area contributed by atoms with Gasteiger partial charge in [-0.05, 0) is 23.8 Å². The lowest BCUT2D eigenvalue weighted by molar-refractivity contribution is 0.281. The first-order chi connectivity index (χ1) is 8.81. The second kappa shape index (κ2) is 6.42. The SMILES string of the molecule is COc1cccc(CSc2cccc(CO)c2)n1. The van der Waals surface area contributed by atoms with Crippen LogP contribution in [0.1, 0.15) is 11.3 Å². The van der Waals surface area contributed by atoms with Gasteiger partial charge in [-0.3, -0.25) is 0 Å². The predicted molar refractivity (Wildman–Crippen MR) is 72.7 cm³/mol. The van der Waals surface area contributed by atoms with Crippen LogP contribution in [-0.2, 0) is 12.4 Å². The van der Waals surface area contributed by atoms with Crippen molar-refractivity contribution in [2.24, 2.45) is 0 Å². The average molecular weight is 261 g/mol. The van der Waals surface area contributed by atoms with Gasteiger partial charge in [0.15, 0.2) is 0 Å². The van der Waals surface area contributed by atoms with E-state index in [9.17, 15) is 0 Å². The highest BCUT2D eigenvalue weighted by molar-refractivity contribution is 7.98. The van der Waals surface area contributed by atoms with Gasteiger partial charge in [-0.15, -0.1) is 11.8 Å². The van der Waals surface area contributed by atoms with Crippen LogP contribution in [-0.4, -0.2) is 17.2 Å². The predicted octanol–water partition coefficient (Wildman–Crippen LogP) is 2.87. The first kappa shape index (κ1) is 12.9. The molecule has 0 aliphatic rings. The lowest BCUT2D eigenvalue weighted by Gasteiger charge is -2.04. The Morgan fingerprint density at radius 1 is 1.22 bits per heavy atom. The van der Waals surface area contributed by atoms with Gasteiger partial charge in [-0.1, -0.05) is 18.2 Å². The van der Waals surface area contributed by atoms with Gasteiger partial charge in [0.1, 0.15) is 0 Å². The smallest absolute Gasteiger partial charge is 0.213 e. The number of hydrogen-bond acceptors (Lipinski definition) is 4. The number of rotatable bonds is 5. The van der Waals surface area contributed by atoms with E-state index in [0.29, 0.717) is 5.88 Å². The summed E-state index contributed by atoms with van der Waals surface area (Å²) in [7, 11) is 1.62. The first-order valence-corrected chi connectivity index (χ1v) is 6.63. The number of methoxy groups -OCH3 is 1. The average Bonchev–Trinajstić information content (AvgIpc) is 2.45. The van der Waals surface area contributed by atoms with E-state index in [1.807, 2.05) is 42.5 Å². The molecule has 0 saturated heterocycles. The number of thioether (sulfide) groups is 1. The molecule has 0 atom stereocenters. The molecule has 1 aromatic heterocycles. The van der Waals surface area contributed by atoms with Crippen molar-refractivity contribution >= 4 is 11.8 Å². The number of aliphatic hydroxyl groups is 1. The number of aliphatic hydroxyl groups excluding tert-OH is 1. The van der Waals surface area contributed by atoms with Crippen LogP contribution in [0.5, 0.6) is 5.88 Å². The molecule has 94 valence electrons. The molecular weight excluding hydrogens is 246 g/mol. The second-order valence-electron chi connectivity index (χ2n) is 3.77. The summed E-state index contributed by atoms with van der Waals surface area (Å²) in [5.41, 5.74) is 1.91. The Labute approximate surface area is 111 Å². The summed E-state index contributed by atoms with van der Waals surface area (Å²) in [6.07, 6.45) is 0. The Bertz CT molecular complexity index is 469. The highest BCUT2D eigenvalue weighted by Gasteiger charge is 2.00. The van der Waals surface area contributed by atoms with Crippen LogP contribution in [0, 0.1) is 0 Å².